The van der Waals surface area contributed by atoms with Crippen LogP contribution in [0.4, 0.5) is 0 Å². The third-order valence-electron chi connectivity index (χ3n) is 4.01. The zero-order valence-corrected chi connectivity index (χ0v) is 13.3. The summed E-state index contributed by atoms with van der Waals surface area (Å²) >= 11 is 0. The molecule has 1 N–H and O–H groups in total. The lowest BCUT2D eigenvalue weighted by molar-refractivity contribution is -0.134. The van der Waals surface area contributed by atoms with Crippen LogP contribution in [0.1, 0.15) is 32.3 Å². The van der Waals surface area contributed by atoms with E-state index in [1.54, 1.807) is 11.8 Å². The summed E-state index contributed by atoms with van der Waals surface area (Å²) < 4.78 is 5.39. The number of carbonyl (C=O) groups excluding carboxylic acids is 2. The van der Waals surface area contributed by atoms with Gasteiger partial charge >= 0.3 is 0 Å². The summed E-state index contributed by atoms with van der Waals surface area (Å²) in [4.78, 5) is 25.3. The molecule has 1 fully saturated rings. The molecule has 0 spiro atoms. The molecule has 1 aliphatic rings. The van der Waals surface area contributed by atoms with Crippen molar-refractivity contribution in [3.05, 3.63) is 29.8 Å². The number of benzene rings is 1. The number of piperidine rings is 1. The van der Waals surface area contributed by atoms with Gasteiger partial charge in [-0.05, 0) is 37.5 Å². The van der Waals surface area contributed by atoms with Gasteiger partial charge in [-0.3, -0.25) is 9.59 Å². The summed E-state index contributed by atoms with van der Waals surface area (Å²) in [6, 6.07) is 7.75. The predicted molar refractivity (Wildman–Crippen MR) is 84.4 cm³/mol. The number of rotatable bonds is 5. The second kappa shape index (κ2) is 7.82. The first-order chi connectivity index (χ1) is 10.6. The quantitative estimate of drug-likeness (QED) is 0.904. The molecule has 0 saturated carbocycles. The molecular weight excluding hydrogens is 280 g/mol. The molecular formula is C17H24N2O3. The van der Waals surface area contributed by atoms with Crippen LogP contribution in [-0.4, -0.2) is 36.4 Å². The van der Waals surface area contributed by atoms with E-state index in [4.69, 9.17) is 4.74 Å². The summed E-state index contributed by atoms with van der Waals surface area (Å²) in [5, 5.41) is 2.98. The highest BCUT2D eigenvalue weighted by Crippen LogP contribution is 2.18. The van der Waals surface area contributed by atoms with Crippen LogP contribution >= 0.6 is 0 Å². The first kappa shape index (κ1) is 16.3. The van der Waals surface area contributed by atoms with Gasteiger partial charge in [0.2, 0.25) is 11.8 Å². The fraction of sp³-hybridized carbons (Fsp3) is 0.529. The summed E-state index contributed by atoms with van der Waals surface area (Å²) in [6.45, 7) is 6.05. The molecule has 2 amide bonds. The molecule has 1 aromatic carbocycles. The highest BCUT2D eigenvalue weighted by Gasteiger charge is 2.25. The van der Waals surface area contributed by atoms with Crippen molar-refractivity contribution in [2.45, 2.75) is 33.2 Å². The van der Waals surface area contributed by atoms with Crippen LogP contribution in [0.5, 0.6) is 5.75 Å². The maximum atomic E-state index is 12.2. The highest BCUT2D eigenvalue weighted by atomic mass is 16.5. The molecule has 22 heavy (non-hydrogen) atoms. The van der Waals surface area contributed by atoms with Gasteiger partial charge in [-0.25, -0.2) is 0 Å². The topological polar surface area (TPSA) is 58.6 Å². The Hall–Kier alpha value is -2.04. The Bertz CT molecular complexity index is 505. The van der Waals surface area contributed by atoms with E-state index in [-0.39, 0.29) is 17.7 Å². The van der Waals surface area contributed by atoms with Gasteiger partial charge in [-0.2, -0.15) is 0 Å². The van der Waals surface area contributed by atoms with E-state index in [2.05, 4.69) is 5.32 Å². The van der Waals surface area contributed by atoms with Crippen LogP contribution in [0.3, 0.4) is 0 Å². The first-order valence-electron chi connectivity index (χ1n) is 7.85. The zero-order chi connectivity index (χ0) is 15.9. The number of hydrogen-bond acceptors (Lipinski definition) is 3. The summed E-state index contributed by atoms with van der Waals surface area (Å²) in [6.07, 6.45) is 1.49. The molecule has 0 unspecified atom stereocenters. The van der Waals surface area contributed by atoms with Crippen LogP contribution in [0.25, 0.3) is 0 Å². The average molecular weight is 304 g/mol. The monoisotopic (exact) mass is 304 g/mol. The van der Waals surface area contributed by atoms with E-state index < -0.39 is 0 Å². The molecule has 120 valence electrons. The van der Waals surface area contributed by atoms with Crippen molar-refractivity contribution in [3.63, 3.8) is 0 Å². The molecule has 1 saturated heterocycles. The fourth-order valence-corrected chi connectivity index (χ4v) is 2.66. The Kier molecular flexibility index (Phi) is 5.81. The largest absolute Gasteiger partial charge is 0.494 e. The van der Waals surface area contributed by atoms with Gasteiger partial charge in [-0.1, -0.05) is 12.1 Å². The molecule has 5 nitrogen and oxygen atoms in total. The average Bonchev–Trinajstić information content (AvgIpc) is 2.54. The minimum absolute atomic E-state index is 0.0123. The van der Waals surface area contributed by atoms with Crippen LogP contribution in [0.15, 0.2) is 24.3 Å². The van der Waals surface area contributed by atoms with E-state index in [0.29, 0.717) is 26.2 Å². The van der Waals surface area contributed by atoms with Crippen molar-refractivity contribution in [2.75, 3.05) is 19.7 Å². The summed E-state index contributed by atoms with van der Waals surface area (Å²) in [5.74, 6) is 1.03. The number of carbonyl (C=O) groups is 2. The Labute approximate surface area is 131 Å². The summed E-state index contributed by atoms with van der Waals surface area (Å²) in [5.41, 5.74) is 1.05. The van der Waals surface area contributed by atoms with Crippen molar-refractivity contribution in [1.82, 2.24) is 10.2 Å². The number of hydrogen-bond donors (Lipinski definition) is 1. The van der Waals surface area contributed by atoms with E-state index in [0.717, 1.165) is 24.2 Å². The second-order valence-corrected chi connectivity index (χ2v) is 5.58. The predicted octanol–water partition coefficient (Wildman–Crippen LogP) is 1.96. The molecule has 0 bridgehead atoms. The van der Waals surface area contributed by atoms with E-state index >= 15 is 0 Å². The smallest absolute Gasteiger partial charge is 0.223 e. The maximum Gasteiger partial charge on any atom is 0.223 e. The second-order valence-electron chi connectivity index (χ2n) is 5.58. The van der Waals surface area contributed by atoms with Gasteiger partial charge in [0, 0.05) is 32.5 Å². The molecule has 0 aromatic heterocycles. The van der Waals surface area contributed by atoms with E-state index in [9.17, 15) is 9.59 Å². The lowest BCUT2D eigenvalue weighted by atomic mass is 9.96. The van der Waals surface area contributed by atoms with Crippen molar-refractivity contribution < 1.29 is 14.3 Å². The number of likely N-dealkylation sites (tertiary alicyclic amines) is 1. The molecule has 1 heterocycles. The van der Waals surface area contributed by atoms with Crippen molar-refractivity contribution in [3.8, 4) is 5.75 Å². The SMILES string of the molecule is CCOc1ccc(CNC(=O)C2CCN(C(C)=O)CC2)cc1. The maximum absolute atomic E-state index is 12.2. The van der Waals surface area contributed by atoms with Gasteiger partial charge < -0.3 is 15.0 Å². The number of ether oxygens (including phenoxy) is 1. The van der Waals surface area contributed by atoms with Crippen molar-refractivity contribution >= 4 is 11.8 Å². The Morgan fingerprint density at radius 1 is 1.23 bits per heavy atom. The number of amides is 2. The molecule has 0 radical (unpaired) electrons. The van der Waals surface area contributed by atoms with Crippen LogP contribution in [0.2, 0.25) is 0 Å². The molecule has 2 rings (SSSR count). The standard InChI is InChI=1S/C17H24N2O3/c1-3-22-16-6-4-14(5-7-16)12-18-17(21)15-8-10-19(11-9-15)13(2)20/h4-7,15H,3,8-12H2,1-2H3,(H,18,21). The lowest BCUT2D eigenvalue weighted by Gasteiger charge is -2.30. The minimum atomic E-state index is 0.0123. The van der Waals surface area contributed by atoms with Crippen LogP contribution < -0.4 is 10.1 Å². The third kappa shape index (κ3) is 4.48. The number of nitrogens with zero attached hydrogens (tertiary/aromatic N) is 1. The third-order valence-corrected chi connectivity index (χ3v) is 4.01. The van der Waals surface area contributed by atoms with Crippen LogP contribution in [0, 0.1) is 5.92 Å². The zero-order valence-electron chi connectivity index (χ0n) is 13.3. The Morgan fingerprint density at radius 3 is 2.41 bits per heavy atom. The van der Waals surface area contributed by atoms with Gasteiger partial charge in [-0.15, -0.1) is 0 Å². The molecule has 1 aromatic rings. The molecule has 0 atom stereocenters. The van der Waals surface area contributed by atoms with E-state index in [1.807, 2.05) is 31.2 Å². The molecule has 0 aliphatic carbocycles. The van der Waals surface area contributed by atoms with Gasteiger partial charge in [0.05, 0.1) is 6.61 Å². The highest BCUT2D eigenvalue weighted by molar-refractivity contribution is 5.79. The molecule has 5 heteroatoms. The Morgan fingerprint density at radius 2 is 1.86 bits per heavy atom. The minimum Gasteiger partial charge on any atom is -0.494 e. The van der Waals surface area contributed by atoms with Crippen LogP contribution in [-0.2, 0) is 16.1 Å². The lowest BCUT2D eigenvalue weighted by Crippen LogP contribution is -2.42. The van der Waals surface area contributed by atoms with Crippen molar-refractivity contribution in [1.29, 1.82) is 0 Å². The van der Waals surface area contributed by atoms with E-state index in [1.165, 1.54) is 0 Å². The number of nitrogens with one attached hydrogen (secondary N) is 1. The van der Waals surface area contributed by atoms with Gasteiger partial charge in [0.15, 0.2) is 0 Å². The van der Waals surface area contributed by atoms with Gasteiger partial charge in [0.25, 0.3) is 0 Å². The fourth-order valence-electron chi connectivity index (χ4n) is 2.66. The molecule has 1 aliphatic heterocycles. The van der Waals surface area contributed by atoms with Crippen molar-refractivity contribution in [2.24, 2.45) is 5.92 Å². The van der Waals surface area contributed by atoms with Gasteiger partial charge in [0.1, 0.15) is 5.75 Å². The summed E-state index contributed by atoms with van der Waals surface area (Å²) in [7, 11) is 0. The normalized spacial score (nSPS) is 15.5. The first-order valence-corrected chi connectivity index (χ1v) is 7.85. The Balaban J connectivity index is 1.77.